The Morgan fingerprint density at radius 1 is 1.33 bits per heavy atom. The maximum Gasteiger partial charge on any atom is 0.0906 e. The molecule has 0 amide bonds. The third kappa shape index (κ3) is 3.07. The molecule has 72 valence electrons. The molecule has 0 aromatic carbocycles. The van der Waals surface area contributed by atoms with Gasteiger partial charge in [-0.05, 0) is 20.3 Å². The van der Waals surface area contributed by atoms with Crippen molar-refractivity contribution < 1.29 is 4.39 Å². The van der Waals surface area contributed by atoms with E-state index in [0.29, 0.717) is 18.5 Å². The minimum absolute atomic E-state index is 0.188. The van der Waals surface area contributed by atoms with Crippen LogP contribution < -0.4 is 5.32 Å². The van der Waals surface area contributed by atoms with Crippen molar-refractivity contribution in [2.45, 2.75) is 32.4 Å². The zero-order valence-corrected chi connectivity index (χ0v) is 8.02. The van der Waals surface area contributed by atoms with Gasteiger partial charge in [0.05, 0.1) is 6.67 Å². The predicted molar refractivity (Wildman–Crippen MR) is 49.1 cm³/mol. The van der Waals surface area contributed by atoms with Crippen LogP contribution in [0.4, 0.5) is 4.39 Å². The Morgan fingerprint density at radius 3 is 2.42 bits per heavy atom. The maximum absolute atomic E-state index is 11.9. The second-order valence-electron chi connectivity index (χ2n) is 3.77. The van der Waals surface area contributed by atoms with Crippen LogP contribution in [0.25, 0.3) is 0 Å². The summed E-state index contributed by atoms with van der Waals surface area (Å²) in [4.78, 5) is 2.34. The van der Waals surface area contributed by atoms with E-state index in [4.69, 9.17) is 0 Å². The smallest absolute Gasteiger partial charge is 0.0906 e. The van der Waals surface area contributed by atoms with E-state index in [1.54, 1.807) is 0 Å². The molecule has 1 heterocycles. The summed E-state index contributed by atoms with van der Waals surface area (Å²) >= 11 is 0. The van der Waals surface area contributed by atoms with Gasteiger partial charge < -0.3 is 10.2 Å². The first-order valence-corrected chi connectivity index (χ1v) is 4.76. The molecule has 0 aromatic rings. The summed E-state index contributed by atoms with van der Waals surface area (Å²) in [5, 5.41) is 3.45. The number of hydrogen-bond acceptors (Lipinski definition) is 2. The van der Waals surface area contributed by atoms with E-state index in [1.807, 2.05) is 0 Å². The Morgan fingerprint density at radius 2 is 1.92 bits per heavy atom. The molecule has 0 unspecified atom stereocenters. The predicted octanol–water partition coefficient (Wildman–Crippen LogP) is 1.03. The van der Waals surface area contributed by atoms with Crippen LogP contribution in [0.3, 0.4) is 0 Å². The van der Waals surface area contributed by atoms with E-state index in [1.165, 1.54) is 0 Å². The van der Waals surface area contributed by atoms with Crippen molar-refractivity contribution in [3.8, 4) is 0 Å². The molecule has 3 heteroatoms. The highest BCUT2D eigenvalue weighted by atomic mass is 19.1. The van der Waals surface area contributed by atoms with Gasteiger partial charge in [0.1, 0.15) is 0 Å². The maximum atomic E-state index is 11.9. The van der Waals surface area contributed by atoms with Gasteiger partial charge in [0, 0.05) is 31.7 Å². The fourth-order valence-corrected chi connectivity index (χ4v) is 1.91. The molecule has 1 aliphatic rings. The Kier molecular flexibility index (Phi) is 3.95. The highest BCUT2D eigenvalue weighted by molar-refractivity contribution is 4.80. The first kappa shape index (κ1) is 9.93. The van der Waals surface area contributed by atoms with Gasteiger partial charge in [-0.2, -0.15) is 0 Å². The van der Waals surface area contributed by atoms with Crippen molar-refractivity contribution in [1.82, 2.24) is 10.2 Å². The van der Waals surface area contributed by atoms with E-state index in [2.05, 4.69) is 24.1 Å². The number of nitrogens with one attached hydrogen (secondary N) is 1. The molecule has 1 saturated heterocycles. The largest absolute Gasteiger partial charge is 0.309 e. The summed E-state index contributed by atoms with van der Waals surface area (Å²) < 4.78 is 11.9. The molecule has 0 bridgehead atoms. The van der Waals surface area contributed by atoms with Crippen LogP contribution in [0.1, 0.15) is 20.3 Å². The molecule has 12 heavy (non-hydrogen) atoms. The number of hydrogen-bond donors (Lipinski definition) is 1. The van der Waals surface area contributed by atoms with E-state index in [-0.39, 0.29) is 6.67 Å². The van der Waals surface area contributed by atoms with Crippen LogP contribution in [-0.4, -0.2) is 43.3 Å². The van der Waals surface area contributed by atoms with Crippen LogP contribution in [-0.2, 0) is 0 Å². The Balaban J connectivity index is 2.24. The van der Waals surface area contributed by atoms with Crippen molar-refractivity contribution in [3.63, 3.8) is 0 Å². The van der Waals surface area contributed by atoms with Crippen molar-refractivity contribution in [2.24, 2.45) is 0 Å². The van der Waals surface area contributed by atoms with Crippen LogP contribution >= 0.6 is 0 Å². The van der Waals surface area contributed by atoms with E-state index in [9.17, 15) is 4.39 Å². The third-order valence-electron chi connectivity index (χ3n) is 2.24. The van der Waals surface area contributed by atoms with Gasteiger partial charge >= 0.3 is 0 Å². The summed E-state index contributed by atoms with van der Waals surface area (Å²) in [6, 6.07) is 1.10. The fraction of sp³-hybridized carbons (Fsp3) is 1.00. The molecule has 1 rings (SSSR count). The average Bonchev–Trinajstić information content (AvgIpc) is 1.99. The second-order valence-corrected chi connectivity index (χ2v) is 3.77. The number of alkyl halides is 1. The molecule has 1 fully saturated rings. The van der Waals surface area contributed by atoms with E-state index in [0.717, 1.165) is 19.6 Å². The van der Waals surface area contributed by atoms with Crippen LogP contribution in [0, 0.1) is 0 Å². The molecule has 1 aliphatic heterocycles. The van der Waals surface area contributed by atoms with E-state index >= 15 is 0 Å². The number of halogens is 1. The molecule has 2 atom stereocenters. The molecule has 0 radical (unpaired) electrons. The molecule has 1 N–H and O–H groups in total. The van der Waals surface area contributed by atoms with Crippen molar-refractivity contribution >= 4 is 0 Å². The van der Waals surface area contributed by atoms with Gasteiger partial charge in [0.15, 0.2) is 0 Å². The SMILES string of the molecule is C[C@@H]1CN(CCCF)C[C@H](C)N1. The lowest BCUT2D eigenvalue weighted by Gasteiger charge is -2.35. The van der Waals surface area contributed by atoms with Crippen molar-refractivity contribution in [3.05, 3.63) is 0 Å². The van der Waals surface area contributed by atoms with Gasteiger partial charge in [-0.3, -0.25) is 4.39 Å². The summed E-state index contributed by atoms with van der Waals surface area (Å²) in [6.45, 7) is 7.20. The fourth-order valence-electron chi connectivity index (χ4n) is 1.91. The zero-order chi connectivity index (χ0) is 8.97. The summed E-state index contributed by atoms with van der Waals surface area (Å²) in [5.74, 6) is 0. The van der Waals surface area contributed by atoms with Crippen LogP contribution in [0.15, 0.2) is 0 Å². The molecule has 2 nitrogen and oxygen atoms in total. The lowest BCUT2D eigenvalue weighted by molar-refractivity contribution is 0.168. The first-order chi connectivity index (χ1) is 5.72. The van der Waals surface area contributed by atoms with Crippen molar-refractivity contribution in [2.75, 3.05) is 26.3 Å². The molecular weight excluding hydrogens is 155 g/mol. The Bertz CT molecular complexity index is 120. The molecule has 0 saturated carbocycles. The van der Waals surface area contributed by atoms with E-state index < -0.39 is 0 Å². The molecule has 0 aliphatic carbocycles. The summed E-state index contributed by atoms with van der Waals surface area (Å²) in [6.07, 6.45) is 0.680. The topological polar surface area (TPSA) is 15.3 Å². The van der Waals surface area contributed by atoms with Crippen molar-refractivity contribution in [1.29, 1.82) is 0 Å². The Labute approximate surface area is 74.1 Å². The van der Waals surface area contributed by atoms with Crippen LogP contribution in [0.2, 0.25) is 0 Å². The number of piperazine rings is 1. The first-order valence-electron chi connectivity index (χ1n) is 4.76. The molecular formula is C9H19FN2. The quantitative estimate of drug-likeness (QED) is 0.687. The highest BCUT2D eigenvalue weighted by Gasteiger charge is 2.19. The summed E-state index contributed by atoms with van der Waals surface area (Å²) in [7, 11) is 0. The Hall–Kier alpha value is -0.150. The van der Waals surface area contributed by atoms with Gasteiger partial charge in [-0.1, -0.05) is 0 Å². The average molecular weight is 174 g/mol. The molecule has 0 aromatic heterocycles. The highest BCUT2D eigenvalue weighted by Crippen LogP contribution is 2.04. The van der Waals surface area contributed by atoms with Gasteiger partial charge in [0.2, 0.25) is 0 Å². The van der Waals surface area contributed by atoms with Gasteiger partial charge in [-0.25, -0.2) is 0 Å². The molecule has 0 spiro atoms. The lowest BCUT2D eigenvalue weighted by Crippen LogP contribution is -2.54. The van der Waals surface area contributed by atoms with Gasteiger partial charge in [0.25, 0.3) is 0 Å². The third-order valence-corrected chi connectivity index (χ3v) is 2.24. The zero-order valence-electron chi connectivity index (χ0n) is 8.02. The number of nitrogens with zero attached hydrogens (tertiary/aromatic N) is 1. The number of rotatable bonds is 3. The monoisotopic (exact) mass is 174 g/mol. The lowest BCUT2D eigenvalue weighted by atomic mass is 10.1. The normalized spacial score (nSPS) is 32.2. The minimum Gasteiger partial charge on any atom is -0.309 e. The minimum atomic E-state index is -0.188. The second kappa shape index (κ2) is 4.77. The standard InChI is InChI=1S/C9H19FN2/c1-8-6-12(5-3-4-10)7-9(2)11-8/h8-9,11H,3-7H2,1-2H3/t8-,9+. The summed E-state index contributed by atoms with van der Waals surface area (Å²) in [5.41, 5.74) is 0. The van der Waals surface area contributed by atoms with Crippen LogP contribution in [0.5, 0.6) is 0 Å². The van der Waals surface area contributed by atoms with Gasteiger partial charge in [-0.15, -0.1) is 0 Å².